The number of aryl methyl sites for hydroxylation is 1. The molecule has 3 nitrogen and oxygen atoms in total. The number of anilines is 1. The first-order valence-corrected chi connectivity index (χ1v) is 9.27. The molecule has 26 heavy (non-hydrogen) atoms. The van der Waals surface area contributed by atoms with E-state index in [-0.39, 0.29) is 11.9 Å². The summed E-state index contributed by atoms with van der Waals surface area (Å²) >= 11 is 0. The van der Waals surface area contributed by atoms with E-state index in [1.165, 1.54) is 11.8 Å². The normalized spacial score (nSPS) is 15.4. The van der Waals surface area contributed by atoms with Gasteiger partial charge < -0.3 is 5.32 Å². The molecule has 0 saturated heterocycles. The highest BCUT2D eigenvalue weighted by Crippen LogP contribution is 2.33. The molecular weight excluding hydrogens is 339 g/mol. The van der Waals surface area contributed by atoms with Gasteiger partial charge in [-0.3, -0.25) is 0 Å². The second-order valence-electron chi connectivity index (χ2n) is 6.88. The number of hydrogen-bond acceptors (Lipinski definition) is 3. The van der Waals surface area contributed by atoms with Crippen LogP contribution < -0.4 is 5.32 Å². The average molecular weight is 363 g/mol. The third-order valence-electron chi connectivity index (χ3n) is 4.82. The first-order valence-electron chi connectivity index (χ1n) is 9.27. The van der Waals surface area contributed by atoms with Crippen LogP contribution in [0.15, 0.2) is 30.5 Å². The Balaban J connectivity index is 1.91. The summed E-state index contributed by atoms with van der Waals surface area (Å²) in [7, 11) is 0. The molecule has 3 rings (SSSR count). The Bertz CT molecular complexity index is 720. The third kappa shape index (κ3) is 4.54. The van der Waals surface area contributed by atoms with Crippen LogP contribution in [0.5, 0.6) is 0 Å². The van der Waals surface area contributed by atoms with Crippen molar-refractivity contribution in [2.24, 2.45) is 0 Å². The largest absolute Gasteiger partial charge is 0.451 e. The van der Waals surface area contributed by atoms with Crippen LogP contribution in [0.3, 0.4) is 0 Å². The van der Waals surface area contributed by atoms with Gasteiger partial charge in [-0.25, -0.2) is 9.97 Å². The molecule has 0 atom stereocenters. The Morgan fingerprint density at radius 3 is 2.42 bits per heavy atom. The number of benzene rings is 1. The minimum Gasteiger partial charge on any atom is -0.367 e. The summed E-state index contributed by atoms with van der Waals surface area (Å²) in [5.41, 5.74) is 2.68. The fraction of sp³-hybridized carbons (Fsp3) is 0.500. The number of halogens is 3. The van der Waals surface area contributed by atoms with Crippen molar-refractivity contribution in [1.29, 1.82) is 0 Å². The van der Waals surface area contributed by atoms with E-state index in [2.05, 4.69) is 22.2 Å². The second-order valence-corrected chi connectivity index (χ2v) is 6.88. The molecule has 1 saturated carbocycles. The molecule has 0 aliphatic heterocycles. The van der Waals surface area contributed by atoms with Crippen molar-refractivity contribution in [2.45, 2.75) is 64.1 Å². The monoisotopic (exact) mass is 363 g/mol. The molecule has 6 heteroatoms. The van der Waals surface area contributed by atoms with Crippen LogP contribution in [-0.4, -0.2) is 16.0 Å². The van der Waals surface area contributed by atoms with Crippen molar-refractivity contribution in [2.75, 3.05) is 5.32 Å². The highest BCUT2D eigenvalue weighted by molar-refractivity contribution is 5.74. The molecule has 2 aromatic rings. The van der Waals surface area contributed by atoms with Gasteiger partial charge in [-0.15, -0.1) is 0 Å². The molecule has 140 valence electrons. The second kappa shape index (κ2) is 8.06. The van der Waals surface area contributed by atoms with E-state index in [0.717, 1.165) is 50.5 Å². The van der Waals surface area contributed by atoms with Crippen molar-refractivity contribution < 1.29 is 13.2 Å². The van der Waals surface area contributed by atoms with E-state index in [0.29, 0.717) is 5.56 Å². The highest BCUT2D eigenvalue weighted by Gasteiger charge is 2.35. The number of hydrogen-bond donors (Lipinski definition) is 1. The van der Waals surface area contributed by atoms with Gasteiger partial charge in [0.25, 0.3) is 0 Å². The SMILES string of the molecule is CCCCc1ccc(-c2cnc(C(F)(F)F)nc2NC2CCCC2)cc1. The smallest absolute Gasteiger partial charge is 0.367 e. The lowest BCUT2D eigenvalue weighted by molar-refractivity contribution is -0.144. The summed E-state index contributed by atoms with van der Waals surface area (Å²) in [6, 6.07) is 8.12. The van der Waals surface area contributed by atoms with Crippen LogP contribution in [0, 0.1) is 0 Å². The highest BCUT2D eigenvalue weighted by atomic mass is 19.4. The minimum absolute atomic E-state index is 0.175. The Morgan fingerprint density at radius 1 is 1.12 bits per heavy atom. The maximum Gasteiger partial charge on any atom is 0.451 e. The average Bonchev–Trinajstić information content (AvgIpc) is 3.13. The summed E-state index contributed by atoms with van der Waals surface area (Å²) in [4.78, 5) is 7.37. The molecule has 1 N–H and O–H groups in total. The fourth-order valence-electron chi connectivity index (χ4n) is 3.34. The predicted octanol–water partition coefficient (Wildman–Crippen LogP) is 5.86. The molecule has 1 aliphatic rings. The summed E-state index contributed by atoms with van der Waals surface area (Å²) in [5, 5.41) is 3.22. The fourth-order valence-corrected chi connectivity index (χ4v) is 3.34. The van der Waals surface area contributed by atoms with Crippen LogP contribution in [0.1, 0.15) is 56.8 Å². The summed E-state index contributed by atoms with van der Waals surface area (Å²) < 4.78 is 39.1. The minimum atomic E-state index is -4.55. The Morgan fingerprint density at radius 2 is 1.81 bits per heavy atom. The molecule has 0 amide bonds. The van der Waals surface area contributed by atoms with Gasteiger partial charge in [0, 0.05) is 17.8 Å². The number of rotatable bonds is 6. The standard InChI is InChI=1S/C20H24F3N3/c1-2-3-6-14-9-11-15(12-10-14)17-13-24-19(20(21,22)23)26-18(17)25-16-7-4-5-8-16/h9-13,16H,2-8H2,1H3,(H,24,25,26). The van der Waals surface area contributed by atoms with Crippen molar-refractivity contribution in [1.82, 2.24) is 9.97 Å². The van der Waals surface area contributed by atoms with E-state index in [1.807, 2.05) is 24.3 Å². The lowest BCUT2D eigenvalue weighted by Crippen LogP contribution is -2.19. The molecule has 1 fully saturated rings. The Kier molecular flexibility index (Phi) is 5.79. The number of nitrogens with zero attached hydrogens (tertiary/aromatic N) is 2. The van der Waals surface area contributed by atoms with E-state index in [9.17, 15) is 13.2 Å². The molecular formula is C20H24F3N3. The maximum atomic E-state index is 13.0. The molecule has 0 unspecified atom stereocenters. The van der Waals surface area contributed by atoms with Gasteiger partial charge in [0.1, 0.15) is 5.82 Å². The van der Waals surface area contributed by atoms with Crippen LogP contribution >= 0.6 is 0 Å². The van der Waals surface area contributed by atoms with E-state index < -0.39 is 12.0 Å². The van der Waals surface area contributed by atoms with Gasteiger partial charge in [0.05, 0.1) is 0 Å². The van der Waals surface area contributed by atoms with Crippen LogP contribution in [0.4, 0.5) is 19.0 Å². The third-order valence-corrected chi connectivity index (χ3v) is 4.82. The number of alkyl halides is 3. The van der Waals surface area contributed by atoms with Gasteiger partial charge in [0.15, 0.2) is 0 Å². The van der Waals surface area contributed by atoms with Gasteiger partial charge in [0.2, 0.25) is 5.82 Å². The zero-order valence-corrected chi connectivity index (χ0v) is 14.9. The zero-order valence-electron chi connectivity index (χ0n) is 14.9. The maximum absolute atomic E-state index is 13.0. The van der Waals surface area contributed by atoms with Crippen molar-refractivity contribution in [3.8, 4) is 11.1 Å². The van der Waals surface area contributed by atoms with Gasteiger partial charge in [-0.05, 0) is 36.8 Å². The van der Waals surface area contributed by atoms with Crippen LogP contribution in [0.2, 0.25) is 0 Å². The van der Waals surface area contributed by atoms with Crippen molar-refractivity contribution >= 4 is 5.82 Å². The number of nitrogens with one attached hydrogen (secondary N) is 1. The number of aromatic nitrogens is 2. The summed E-state index contributed by atoms with van der Waals surface area (Å²) in [6.07, 6.45) is 4.10. The zero-order chi connectivity index (χ0) is 18.6. The molecule has 1 heterocycles. The Hall–Kier alpha value is -2.11. The van der Waals surface area contributed by atoms with E-state index in [1.54, 1.807) is 0 Å². The molecule has 1 aromatic carbocycles. The first-order chi connectivity index (χ1) is 12.5. The summed E-state index contributed by atoms with van der Waals surface area (Å²) in [6.45, 7) is 2.15. The molecule has 0 spiro atoms. The molecule has 1 aliphatic carbocycles. The Labute approximate surface area is 152 Å². The molecule has 1 aromatic heterocycles. The van der Waals surface area contributed by atoms with E-state index >= 15 is 0 Å². The van der Waals surface area contributed by atoms with Crippen LogP contribution in [-0.2, 0) is 12.6 Å². The van der Waals surface area contributed by atoms with Crippen molar-refractivity contribution in [3.63, 3.8) is 0 Å². The lowest BCUT2D eigenvalue weighted by Gasteiger charge is -2.17. The molecule has 0 bridgehead atoms. The van der Waals surface area contributed by atoms with Crippen molar-refractivity contribution in [3.05, 3.63) is 41.9 Å². The van der Waals surface area contributed by atoms with Crippen LogP contribution in [0.25, 0.3) is 11.1 Å². The van der Waals surface area contributed by atoms with Gasteiger partial charge >= 0.3 is 6.18 Å². The summed E-state index contributed by atoms with van der Waals surface area (Å²) in [5.74, 6) is -0.818. The molecule has 0 radical (unpaired) electrons. The quantitative estimate of drug-likeness (QED) is 0.698. The topological polar surface area (TPSA) is 37.8 Å². The lowest BCUT2D eigenvalue weighted by atomic mass is 10.0. The van der Waals surface area contributed by atoms with E-state index in [4.69, 9.17) is 0 Å². The first kappa shape index (κ1) is 18.7. The van der Waals surface area contributed by atoms with Gasteiger partial charge in [-0.1, -0.05) is 50.5 Å². The predicted molar refractivity (Wildman–Crippen MR) is 97.0 cm³/mol. The number of unbranched alkanes of at least 4 members (excludes halogenated alkanes) is 1. The van der Waals surface area contributed by atoms with Gasteiger partial charge in [-0.2, -0.15) is 13.2 Å².